The summed E-state index contributed by atoms with van der Waals surface area (Å²) < 4.78 is 50.2. The number of aromatic amines is 1. The normalized spacial score (nSPS) is 17.0. The average Bonchev–Trinajstić information content (AvgIpc) is 3.86. The van der Waals surface area contributed by atoms with Gasteiger partial charge in [-0.3, -0.25) is 14.4 Å². The molecule has 61 heavy (non-hydrogen) atoms. The van der Waals surface area contributed by atoms with Crippen molar-refractivity contribution in [3.05, 3.63) is 76.8 Å². The van der Waals surface area contributed by atoms with E-state index in [1.54, 1.807) is 41.8 Å². The van der Waals surface area contributed by atoms with E-state index >= 15 is 0 Å². The number of likely N-dealkylation sites (tertiary alicyclic amines) is 1. The van der Waals surface area contributed by atoms with Crippen molar-refractivity contribution < 1.29 is 52.0 Å². The lowest BCUT2D eigenvalue weighted by Crippen LogP contribution is -2.53. The average molecular weight is 871 g/mol. The third-order valence-corrected chi connectivity index (χ3v) is 10.9. The predicted molar refractivity (Wildman–Crippen MR) is 218 cm³/mol. The van der Waals surface area contributed by atoms with E-state index in [9.17, 15) is 42.6 Å². The van der Waals surface area contributed by atoms with Gasteiger partial charge in [0.15, 0.2) is 0 Å². The minimum Gasteiger partial charge on any atom is -0.453 e. The van der Waals surface area contributed by atoms with Crippen LogP contribution in [0.25, 0.3) is 22.4 Å². The van der Waals surface area contributed by atoms with Crippen LogP contribution in [0.3, 0.4) is 0 Å². The first-order chi connectivity index (χ1) is 28.9. The van der Waals surface area contributed by atoms with Gasteiger partial charge in [-0.15, -0.1) is 13.2 Å². The number of alkyl halides is 3. The summed E-state index contributed by atoms with van der Waals surface area (Å²) in [6.45, 7) is 6.59. The Morgan fingerprint density at radius 2 is 1.69 bits per heavy atom. The highest BCUT2D eigenvalue weighted by atomic mass is 35.5. The fourth-order valence-corrected chi connectivity index (χ4v) is 7.48. The highest BCUT2D eigenvalue weighted by Gasteiger charge is 2.37. The lowest BCUT2D eigenvalue weighted by molar-refractivity contribution is -0.274. The number of aromatic nitrogens is 3. The summed E-state index contributed by atoms with van der Waals surface area (Å²) in [5, 5.41) is 24.6. The van der Waals surface area contributed by atoms with Crippen LogP contribution in [0.1, 0.15) is 55.1 Å². The largest absolute Gasteiger partial charge is 0.573 e. The molecule has 4 aromatic rings. The minimum absolute atomic E-state index is 0.0284. The number of hydrogen-bond acceptors (Lipinski definition) is 11. The topological polar surface area (TPSA) is 203 Å². The number of aliphatic hydroxyl groups is 2. The maximum atomic E-state index is 13.7. The van der Waals surface area contributed by atoms with Crippen molar-refractivity contribution in [2.75, 3.05) is 63.2 Å². The van der Waals surface area contributed by atoms with E-state index in [0.29, 0.717) is 67.7 Å². The summed E-state index contributed by atoms with van der Waals surface area (Å²) in [6, 6.07) is 11.2. The Morgan fingerprint density at radius 3 is 2.30 bits per heavy atom. The Labute approximate surface area is 354 Å². The van der Waals surface area contributed by atoms with E-state index in [4.69, 9.17) is 16.6 Å². The number of piperazine rings is 1. The van der Waals surface area contributed by atoms with Gasteiger partial charge in [0.2, 0.25) is 11.8 Å². The van der Waals surface area contributed by atoms with Crippen molar-refractivity contribution in [1.29, 1.82) is 0 Å². The number of rotatable bonds is 12. The highest BCUT2D eigenvalue weighted by Crippen LogP contribution is 2.41. The lowest BCUT2D eigenvalue weighted by Gasteiger charge is -2.38. The number of nitrogens with zero attached hydrogens (tertiary/aromatic N) is 5. The summed E-state index contributed by atoms with van der Waals surface area (Å²) in [5.41, 5.74) is 0.564. The van der Waals surface area contributed by atoms with Gasteiger partial charge >= 0.3 is 12.5 Å². The fraction of sp³-hybridized carbons (Fsp3) is 0.415. The number of H-pyrrole nitrogens is 1. The van der Waals surface area contributed by atoms with Crippen molar-refractivity contribution >= 4 is 46.9 Å². The van der Waals surface area contributed by atoms with Crippen molar-refractivity contribution in [1.82, 2.24) is 30.1 Å². The predicted octanol–water partition coefficient (Wildman–Crippen LogP) is 5.37. The van der Waals surface area contributed by atoms with Crippen molar-refractivity contribution in [3.8, 4) is 28.1 Å². The summed E-state index contributed by atoms with van der Waals surface area (Å²) in [6.07, 6.45) is -3.95. The number of anilines is 2. The first-order valence-corrected chi connectivity index (χ1v) is 19.7. The lowest BCUT2D eigenvalue weighted by atomic mass is 9.92. The van der Waals surface area contributed by atoms with Crippen LogP contribution >= 0.6 is 11.6 Å². The molecule has 20 heteroatoms. The summed E-state index contributed by atoms with van der Waals surface area (Å²) in [7, 11) is 1.19. The van der Waals surface area contributed by atoms with Crippen LogP contribution in [0.5, 0.6) is 5.75 Å². The molecule has 6 rings (SSSR count). The van der Waals surface area contributed by atoms with Crippen LogP contribution in [-0.2, 0) is 20.9 Å². The second-order valence-electron chi connectivity index (χ2n) is 15.5. The Bertz CT molecular complexity index is 2250. The molecule has 2 aromatic carbocycles. The first-order valence-electron chi connectivity index (χ1n) is 19.3. The van der Waals surface area contributed by atoms with Gasteiger partial charge in [0.1, 0.15) is 23.9 Å². The van der Waals surface area contributed by atoms with Gasteiger partial charge in [-0.25, -0.2) is 14.8 Å². The van der Waals surface area contributed by atoms with Gasteiger partial charge in [0.25, 0.3) is 5.91 Å². The number of pyridine rings is 1. The molecular formula is C41H46ClF3N8O8. The summed E-state index contributed by atoms with van der Waals surface area (Å²) >= 11 is 6.56. The molecule has 0 spiro atoms. The molecule has 326 valence electrons. The third kappa shape index (κ3) is 10.3. The molecule has 4 heterocycles. The van der Waals surface area contributed by atoms with E-state index in [-0.39, 0.29) is 58.3 Å². The van der Waals surface area contributed by atoms with E-state index in [0.717, 1.165) is 6.07 Å². The minimum atomic E-state index is -5.10. The van der Waals surface area contributed by atoms with Crippen LogP contribution in [0.15, 0.2) is 54.7 Å². The Hall–Kier alpha value is -5.92. The zero-order valence-corrected chi connectivity index (χ0v) is 34.6. The molecule has 0 aliphatic carbocycles. The standard InChI is InChI=1S/C41H46ClF3N8O8/c1-23-15-31(53(20-23)34(56)19-47-39(59)60-4)36-48-30(21-54)35(50-36)25-7-5-24(6-8-25)27-16-28(42)29(17-32(27)61-41(43,44)45)49-37(57)26-9-10-33(46-18-26)51-11-13-52(14-12-51)38(58)40(2,3)22-55/h5-10,16-18,23,31,54-55H,11-15,19-22H2,1-4H3,(H,47,59)(H,48,50)(H,49,57). The smallest absolute Gasteiger partial charge is 0.453 e. The molecule has 2 fully saturated rings. The number of nitrogens with one attached hydrogen (secondary N) is 3. The number of imidazole rings is 1. The zero-order chi connectivity index (χ0) is 44.2. The van der Waals surface area contributed by atoms with E-state index in [1.807, 2.05) is 11.8 Å². The Morgan fingerprint density at radius 1 is 1.00 bits per heavy atom. The van der Waals surface area contributed by atoms with Crippen LogP contribution in [-0.4, -0.2) is 118 Å². The second-order valence-corrected chi connectivity index (χ2v) is 15.9. The maximum absolute atomic E-state index is 13.7. The summed E-state index contributed by atoms with van der Waals surface area (Å²) in [5.74, 6) is -0.710. The van der Waals surface area contributed by atoms with Gasteiger partial charge in [0.05, 0.1) is 59.4 Å². The fourth-order valence-electron chi connectivity index (χ4n) is 7.27. The number of methoxy groups -OCH3 is 1. The third-order valence-electron chi connectivity index (χ3n) is 10.6. The van der Waals surface area contributed by atoms with Crippen molar-refractivity contribution in [2.45, 2.75) is 46.2 Å². The van der Waals surface area contributed by atoms with Gasteiger partial charge in [-0.05, 0) is 49.9 Å². The second kappa shape index (κ2) is 18.4. The molecule has 0 bridgehead atoms. The quantitative estimate of drug-likeness (QED) is 0.123. The molecule has 2 saturated heterocycles. The number of alkyl carbamates (subject to hydrolysis) is 1. The Balaban J connectivity index is 1.17. The number of amides is 4. The number of aliphatic hydroxyl groups excluding tert-OH is 2. The molecule has 2 aromatic heterocycles. The maximum Gasteiger partial charge on any atom is 0.573 e. The monoisotopic (exact) mass is 870 g/mol. The van der Waals surface area contributed by atoms with Crippen LogP contribution < -0.4 is 20.3 Å². The van der Waals surface area contributed by atoms with Crippen molar-refractivity contribution in [3.63, 3.8) is 0 Å². The van der Waals surface area contributed by atoms with E-state index < -0.39 is 42.2 Å². The van der Waals surface area contributed by atoms with Gasteiger partial charge in [-0.1, -0.05) is 42.8 Å². The number of hydrogen-bond donors (Lipinski definition) is 5. The van der Waals surface area contributed by atoms with E-state index in [1.165, 1.54) is 37.6 Å². The van der Waals surface area contributed by atoms with E-state index in [2.05, 4.69) is 30.1 Å². The number of carbonyl (C=O) groups excluding carboxylic acids is 4. The van der Waals surface area contributed by atoms with Gasteiger partial charge in [0, 0.05) is 56.1 Å². The molecule has 0 saturated carbocycles. The molecule has 5 N–H and O–H groups in total. The number of ether oxygens (including phenoxy) is 2. The van der Waals surface area contributed by atoms with Crippen LogP contribution in [0.2, 0.25) is 5.02 Å². The van der Waals surface area contributed by atoms with Gasteiger partial charge < -0.3 is 50.0 Å². The molecule has 2 aliphatic rings. The molecule has 2 atom stereocenters. The molecule has 4 amide bonds. The highest BCUT2D eigenvalue weighted by molar-refractivity contribution is 6.34. The van der Waals surface area contributed by atoms with Crippen molar-refractivity contribution in [2.24, 2.45) is 11.3 Å². The van der Waals surface area contributed by atoms with Gasteiger partial charge in [-0.2, -0.15) is 0 Å². The molecular weight excluding hydrogens is 825 g/mol. The molecule has 16 nitrogen and oxygen atoms in total. The molecule has 2 unspecified atom stereocenters. The van der Waals surface area contributed by atoms with Crippen LogP contribution in [0.4, 0.5) is 29.5 Å². The number of benzene rings is 2. The number of carbonyl (C=O) groups is 4. The zero-order valence-electron chi connectivity index (χ0n) is 33.8. The first kappa shape index (κ1) is 44.6. The summed E-state index contributed by atoms with van der Waals surface area (Å²) in [4.78, 5) is 68.0. The molecule has 2 aliphatic heterocycles. The number of halogens is 4. The Kier molecular flexibility index (Phi) is 13.4. The van der Waals surface area contributed by atoms with Crippen LogP contribution in [0, 0.1) is 11.3 Å². The molecule has 0 radical (unpaired) electrons. The SMILES string of the molecule is COC(=O)NCC(=O)N1CC(C)CC1c1nc(-c2ccc(-c3cc(Cl)c(NC(=O)c4ccc(N5CCN(C(=O)C(C)(C)CO)CC5)nc4)cc3OC(F)(F)F)cc2)c(CO)[nH]1.